The van der Waals surface area contributed by atoms with Gasteiger partial charge >= 0.3 is 0 Å². The summed E-state index contributed by atoms with van der Waals surface area (Å²) in [5.74, 6) is 0.797. The number of hydrogen-bond acceptors (Lipinski definition) is 4. The maximum absolute atomic E-state index is 12.8. The van der Waals surface area contributed by atoms with Gasteiger partial charge in [-0.3, -0.25) is 4.79 Å². The van der Waals surface area contributed by atoms with Crippen molar-refractivity contribution in [2.24, 2.45) is 5.16 Å². The molecule has 1 amide bonds. The van der Waals surface area contributed by atoms with Crippen molar-refractivity contribution < 1.29 is 14.0 Å². The smallest absolute Gasteiger partial charge is 0.267 e. The second-order valence-electron chi connectivity index (χ2n) is 5.98. The zero-order chi connectivity index (χ0) is 15.6. The molecule has 0 N–H and O–H groups in total. The van der Waals surface area contributed by atoms with E-state index in [1.54, 1.807) is 6.26 Å². The van der Waals surface area contributed by atoms with Crippen molar-refractivity contribution in [2.75, 3.05) is 0 Å². The number of rotatable bonds is 5. The molecule has 2 aliphatic rings. The lowest BCUT2D eigenvalue weighted by Gasteiger charge is -2.23. The van der Waals surface area contributed by atoms with Crippen LogP contribution < -0.4 is 0 Å². The van der Waals surface area contributed by atoms with E-state index in [0.717, 1.165) is 29.9 Å². The number of amides is 1. The molecule has 118 valence electrons. The van der Waals surface area contributed by atoms with Gasteiger partial charge in [-0.2, -0.15) is 0 Å². The minimum atomic E-state index is -0.527. The van der Waals surface area contributed by atoms with Crippen LogP contribution in [-0.2, 0) is 16.2 Å². The Morgan fingerprint density at radius 2 is 2.00 bits per heavy atom. The fourth-order valence-corrected chi connectivity index (χ4v) is 2.84. The van der Waals surface area contributed by atoms with E-state index < -0.39 is 6.10 Å². The average molecular weight is 310 g/mol. The van der Waals surface area contributed by atoms with E-state index in [2.05, 4.69) is 5.16 Å². The van der Waals surface area contributed by atoms with Crippen LogP contribution in [0.3, 0.4) is 0 Å². The van der Waals surface area contributed by atoms with Crippen molar-refractivity contribution in [3.8, 4) is 0 Å². The van der Waals surface area contributed by atoms with Crippen LogP contribution in [0.1, 0.15) is 30.6 Å². The molecule has 5 heteroatoms. The highest BCUT2D eigenvalue weighted by Gasteiger charge is 2.39. The lowest BCUT2D eigenvalue weighted by molar-refractivity contribution is -0.143. The Morgan fingerprint density at radius 1 is 1.17 bits per heavy atom. The van der Waals surface area contributed by atoms with Crippen molar-refractivity contribution in [1.82, 2.24) is 4.90 Å². The van der Waals surface area contributed by atoms with Gasteiger partial charge in [0, 0.05) is 12.5 Å². The molecule has 0 spiro atoms. The van der Waals surface area contributed by atoms with Crippen LogP contribution in [0.15, 0.2) is 58.3 Å². The largest absolute Gasteiger partial charge is 0.467 e. The summed E-state index contributed by atoms with van der Waals surface area (Å²) in [5.41, 5.74) is 1.84. The lowest BCUT2D eigenvalue weighted by atomic mass is 10.0. The van der Waals surface area contributed by atoms with Crippen molar-refractivity contribution in [3.05, 3.63) is 60.1 Å². The SMILES string of the molecule is O=C(C1CC(c2ccccc2)=NO1)N(Cc1ccco1)C1CC1. The van der Waals surface area contributed by atoms with E-state index in [4.69, 9.17) is 9.25 Å². The highest BCUT2D eigenvalue weighted by Crippen LogP contribution is 2.31. The fourth-order valence-electron chi connectivity index (χ4n) is 2.84. The second-order valence-corrected chi connectivity index (χ2v) is 5.98. The average Bonchev–Trinajstić information content (AvgIpc) is 3.10. The molecule has 1 fully saturated rings. The van der Waals surface area contributed by atoms with E-state index in [9.17, 15) is 4.79 Å². The third kappa shape index (κ3) is 2.99. The van der Waals surface area contributed by atoms with Gasteiger partial charge in [-0.15, -0.1) is 0 Å². The molecule has 1 atom stereocenters. The summed E-state index contributed by atoms with van der Waals surface area (Å²) in [4.78, 5) is 20.1. The molecule has 5 nitrogen and oxygen atoms in total. The van der Waals surface area contributed by atoms with Crippen LogP contribution in [-0.4, -0.2) is 28.7 Å². The predicted octanol–water partition coefficient (Wildman–Crippen LogP) is 2.96. The number of furan rings is 1. The third-order valence-electron chi connectivity index (χ3n) is 4.23. The minimum Gasteiger partial charge on any atom is -0.467 e. The molecule has 1 saturated carbocycles. The van der Waals surface area contributed by atoms with E-state index in [-0.39, 0.29) is 5.91 Å². The van der Waals surface area contributed by atoms with Gasteiger partial charge in [-0.1, -0.05) is 35.5 Å². The number of carbonyl (C=O) groups is 1. The third-order valence-corrected chi connectivity index (χ3v) is 4.23. The summed E-state index contributed by atoms with van der Waals surface area (Å²) >= 11 is 0. The summed E-state index contributed by atoms with van der Waals surface area (Å²) in [7, 11) is 0. The van der Waals surface area contributed by atoms with E-state index in [1.165, 1.54) is 0 Å². The van der Waals surface area contributed by atoms with Crippen molar-refractivity contribution in [2.45, 2.75) is 38.0 Å². The maximum atomic E-state index is 12.8. The standard InChI is InChI=1S/C18H18N2O3/c21-18(20(14-8-9-14)12-15-7-4-10-22-15)17-11-16(19-23-17)13-5-2-1-3-6-13/h1-7,10,14,17H,8-9,11-12H2. The predicted molar refractivity (Wildman–Crippen MR) is 84.7 cm³/mol. The Hall–Kier alpha value is -2.56. The van der Waals surface area contributed by atoms with E-state index >= 15 is 0 Å². The minimum absolute atomic E-state index is 0.00131. The first kappa shape index (κ1) is 14.1. The quantitative estimate of drug-likeness (QED) is 0.853. The van der Waals surface area contributed by atoms with Crippen LogP contribution in [0.5, 0.6) is 0 Å². The molecule has 23 heavy (non-hydrogen) atoms. The second kappa shape index (κ2) is 5.91. The molecule has 1 aromatic carbocycles. The molecule has 0 radical (unpaired) electrons. The molecule has 0 bridgehead atoms. The molecular weight excluding hydrogens is 292 g/mol. The number of benzene rings is 1. The zero-order valence-corrected chi connectivity index (χ0v) is 12.7. The highest BCUT2D eigenvalue weighted by atomic mass is 16.6. The summed E-state index contributed by atoms with van der Waals surface area (Å²) < 4.78 is 5.38. The Morgan fingerprint density at radius 3 is 2.70 bits per heavy atom. The molecule has 2 heterocycles. The summed E-state index contributed by atoms with van der Waals surface area (Å²) in [6, 6.07) is 13.9. The van der Waals surface area contributed by atoms with Gasteiger partial charge in [0.1, 0.15) is 5.76 Å². The topological polar surface area (TPSA) is 55.0 Å². The Balaban J connectivity index is 1.44. The molecule has 1 unspecified atom stereocenters. The normalized spacial score (nSPS) is 20.0. The first-order chi connectivity index (χ1) is 11.3. The fraction of sp³-hybridized carbons (Fsp3) is 0.333. The molecule has 0 saturated heterocycles. The Labute approximate surface area is 134 Å². The number of nitrogens with zero attached hydrogens (tertiary/aromatic N) is 2. The summed E-state index contributed by atoms with van der Waals surface area (Å²) in [6.07, 6.45) is 3.72. The van der Waals surface area contributed by atoms with Gasteiger partial charge in [0.25, 0.3) is 5.91 Å². The lowest BCUT2D eigenvalue weighted by Crippen LogP contribution is -2.40. The molecule has 1 aliphatic heterocycles. The van der Waals surface area contributed by atoms with Gasteiger partial charge in [-0.05, 0) is 30.5 Å². The van der Waals surface area contributed by atoms with Crippen molar-refractivity contribution in [3.63, 3.8) is 0 Å². The van der Waals surface area contributed by atoms with Gasteiger partial charge in [0.15, 0.2) is 0 Å². The monoisotopic (exact) mass is 310 g/mol. The Bertz CT molecular complexity index is 705. The van der Waals surface area contributed by atoms with Gasteiger partial charge in [0.05, 0.1) is 18.5 Å². The molecule has 4 rings (SSSR count). The molecule has 2 aromatic rings. The molecule has 1 aromatic heterocycles. The number of hydrogen-bond donors (Lipinski definition) is 0. The van der Waals surface area contributed by atoms with E-state index in [0.29, 0.717) is 19.0 Å². The first-order valence-corrected chi connectivity index (χ1v) is 7.92. The maximum Gasteiger partial charge on any atom is 0.267 e. The van der Waals surface area contributed by atoms with Gasteiger partial charge in [-0.25, -0.2) is 0 Å². The summed E-state index contributed by atoms with van der Waals surface area (Å²) in [5, 5.41) is 4.11. The van der Waals surface area contributed by atoms with E-state index in [1.807, 2.05) is 47.4 Å². The van der Waals surface area contributed by atoms with Crippen LogP contribution in [0.2, 0.25) is 0 Å². The van der Waals surface area contributed by atoms with Gasteiger partial charge < -0.3 is 14.2 Å². The van der Waals surface area contributed by atoms with Crippen LogP contribution in [0.4, 0.5) is 0 Å². The highest BCUT2D eigenvalue weighted by molar-refractivity contribution is 6.04. The molecule has 1 aliphatic carbocycles. The summed E-state index contributed by atoms with van der Waals surface area (Å²) in [6.45, 7) is 0.497. The molecular formula is C18H18N2O3. The van der Waals surface area contributed by atoms with Crippen molar-refractivity contribution in [1.29, 1.82) is 0 Å². The van der Waals surface area contributed by atoms with Gasteiger partial charge in [0.2, 0.25) is 6.10 Å². The Kier molecular flexibility index (Phi) is 3.61. The number of carbonyl (C=O) groups excluding carboxylic acids is 1. The van der Waals surface area contributed by atoms with Crippen LogP contribution in [0.25, 0.3) is 0 Å². The zero-order valence-electron chi connectivity index (χ0n) is 12.7. The van der Waals surface area contributed by atoms with Crippen LogP contribution in [0, 0.1) is 0 Å². The van der Waals surface area contributed by atoms with Crippen molar-refractivity contribution >= 4 is 11.6 Å². The first-order valence-electron chi connectivity index (χ1n) is 7.92. The number of oxime groups is 1. The van der Waals surface area contributed by atoms with Crippen LogP contribution >= 0.6 is 0 Å².